The minimum atomic E-state index is -0.625. The van der Waals surface area contributed by atoms with Crippen LogP contribution in [0.1, 0.15) is 33.1 Å². The van der Waals surface area contributed by atoms with E-state index in [1.807, 2.05) is 37.3 Å². The summed E-state index contributed by atoms with van der Waals surface area (Å²) >= 11 is 0. The van der Waals surface area contributed by atoms with Gasteiger partial charge in [-0.1, -0.05) is 29.8 Å². The first-order chi connectivity index (χ1) is 12.9. The Bertz CT molecular complexity index is 1050. The number of aryl methyl sites for hydroxylation is 3. The molecule has 0 atom stereocenters. The first-order valence-electron chi connectivity index (χ1n) is 8.24. The zero-order valence-corrected chi connectivity index (χ0v) is 15.5. The summed E-state index contributed by atoms with van der Waals surface area (Å²) in [7, 11) is 1.25. The van der Waals surface area contributed by atoms with Gasteiger partial charge in [0.15, 0.2) is 0 Å². The van der Waals surface area contributed by atoms with E-state index in [0.29, 0.717) is 17.4 Å². The number of benzene rings is 1. The number of nitrogens with zero attached hydrogens (tertiary/aromatic N) is 3. The molecule has 2 heterocycles. The van der Waals surface area contributed by atoms with Crippen LogP contribution in [0.15, 0.2) is 34.7 Å². The molecule has 0 bridgehead atoms. The maximum absolute atomic E-state index is 11.9. The number of ether oxygens (including phenoxy) is 1. The molecule has 0 radical (unpaired) electrons. The minimum absolute atomic E-state index is 0.0764. The molecule has 0 unspecified atom stereocenters. The standard InChI is InChI=1S/C20H18N4O3/c1-11-5-7-14(8-6-11)16-9-17(23-13(3)22-16)24-19-15(10-21)18(12(2)27-19)20(25)26-4/h5-9H,1-4H3,(H,22,23,24). The van der Waals surface area contributed by atoms with Crippen LogP contribution in [0.5, 0.6) is 0 Å². The summed E-state index contributed by atoms with van der Waals surface area (Å²) in [5.41, 5.74) is 3.02. The number of methoxy groups -OCH3 is 1. The molecule has 2 aromatic heterocycles. The fourth-order valence-corrected chi connectivity index (χ4v) is 2.71. The summed E-state index contributed by atoms with van der Waals surface area (Å²) in [6.45, 7) is 5.39. The van der Waals surface area contributed by atoms with Gasteiger partial charge in [0.05, 0.1) is 12.8 Å². The molecule has 0 aliphatic carbocycles. The van der Waals surface area contributed by atoms with Gasteiger partial charge in [-0.05, 0) is 20.8 Å². The van der Waals surface area contributed by atoms with Crippen LogP contribution in [0.2, 0.25) is 0 Å². The van der Waals surface area contributed by atoms with E-state index in [1.54, 1.807) is 19.9 Å². The fraction of sp³-hybridized carbons (Fsp3) is 0.200. The average Bonchev–Trinajstić information content (AvgIpc) is 2.96. The van der Waals surface area contributed by atoms with Crippen LogP contribution in [0, 0.1) is 32.1 Å². The predicted molar refractivity (Wildman–Crippen MR) is 99.7 cm³/mol. The van der Waals surface area contributed by atoms with Crippen molar-refractivity contribution in [3.05, 3.63) is 58.6 Å². The van der Waals surface area contributed by atoms with Crippen molar-refractivity contribution in [1.82, 2.24) is 9.97 Å². The van der Waals surface area contributed by atoms with Crippen LogP contribution in [0.3, 0.4) is 0 Å². The van der Waals surface area contributed by atoms with Crippen LogP contribution in [-0.2, 0) is 4.74 Å². The second-order valence-corrected chi connectivity index (χ2v) is 6.02. The van der Waals surface area contributed by atoms with Crippen molar-refractivity contribution < 1.29 is 13.9 Å². The van der Waals surface area contributed by atoms with E-state index in [1.165, 1.54) is 7.11 Å². The molecule has 0 saturated carbocycles. The van der Waals surface area contributed by atoms with Gasteiger partial charge in [0.2, 0.25) is 5.88 Å². The lowest BCUT2D eigenvalue weighted by Crippen LogP contribution is -2.04. The molecular weight excluding hydrogens is 344 g/mol. The number of carbonyl (C=O) groups excluding carboxylic acids is 1. The summed E-state index contributed by atoms with van der Waals surface area (Å²) in [6, 6.07) is 11.7. The van der Waals surface area contributed by atoms with Crippen molar-refractivity contribution in [2.24, 2.45) is 0 Å². The molecule has 7 heteroatoms. The first-order valence-corrected chi connectivity index (χ1v) is 8.24. The van der Waals surface area contributed by atoms with Gasteiger partial charge in [0.1, 0.15) is 34.6 Å². The number of rotatable bonds is 4. The van der Waals surface area contributed by atoms with Gasteiger partial charge in [0.25, 0.3) is 0 Å². The summed E-state index contributed by atoms with van der Waals surface area (Å²) < 4.78 is 10.3. The second kappa shape index (κ2) is 7.30. The monoisotopic (exact) mass is 362 g/mol. The van der Waals surface area contributed by atoms with Gasteiger partial charge in [-0.3, -0.25) is 0 Å². The third-order valence-electron chi connectivity index (χ3n) is 4.01. The minimum Gasteiger partial charge on any atom is -0.465 e. The quantitative estimate of drug-likeness (QED) is 0.698. The lowest BCUT2D eigenvalue weighted by molar-refractivity contribution is 0.0598. The zero-order chi connectivity index (χ0) is 19.6. The Labute approximate surface area is 156 Å². The lowest BCUT2D eigenvalue weighted by Gasteiger charge is -2.08. The first kappa shape index (κ1) is 18.1. The Kier molecular flexibility index (Phi) is 4.90. The fourth-order valence-electron chi connectivity index (χ4n) is 2.71. The summed E-state index contributed by atoms with van der Waals surface area (Å²) in [5, 5.41) is 12.4. The van der Waals surface area contributed by atoms with Crippen LogP contribution < -0.4 is 5.32 Å². The topological polar surface area (TPSA) is 101 Å². The summed E-state index contributed by atoms with van der Waals surface area (Å²) in [6.07, 6.45) is 0. The number of aromatic nitrogens is 2. The molecule has 0 aliphatic heterocycles. The van der Waals surface area contributed by atoms with Crippen molar-refractivity contribution in [2.75, 3.05) is 12.4 Å². The third kappa shape index (κ3) is 3.65. The van der Waals surface area contributed by atoms with Gasteiger partial charge in [-0.15, -0.1) is 0 Å². The molecule has 0 saturated heterocycles. The number of furan rings is 1. The van der Waals surface area contributed by atoms with Crippen molar-refractivity contribution in [3.63, 3.8) is 0 Å². The number of hydrogen-bond donors (Lipinski definition) is 1. The Hall–Kier alpha value is -3.66. The van der Waals surface area contributed by atoms with Gasteiger partial charge >= 0.3 is 5.97 Å². The predicted octanol–water partition coefficient (Wildman–Crippen LogP) is 4.06. The van der Waals surface area contributed by atoms with Gasteiger partial charge in [-0.2, -0.15) is 5.26 Å². The van der Waals surface area contributed by atoms with Crippen LogP contribution in [0.4, 0.5) is 11.7 Å². The molecule has 0 spiro atoms. The van der Waals surface area contributed by atoms with E-state index in [-0.39, 0.29) is 17.0 Å². The molecule has 1 aromatic carbocycles. The number of anilines is 2. The smallest absolute Gasteiger partial charge is 0.342 e. The van der Waals surface area contributed by atoms with Gasteiger partial charge in [0, 0.05) is 11.6 Å². The van der Waals surface area contributed by atoms with Gasteiger partial charge < -0.3 is 14.5 Å². The van der Waals surface area contributed by atoms with Gasteiger partial charge in [-0.25, -0.2) is 14.8 Å². The van der Waals surface area contributed by atoms with Crippen LogP contribution in [0.25, 0.3) is 11.3 Å². The third-order valence-corrected chi connectivity index (χ3v) is 4.01. The van der Waals surface area contributed by atoms with Crippen LogP contribution >= 0.6 is 0 Å². The molecule has 7 nitrogen and oxygen atoms in total. The number of esters is 1. The number of nitrogens with one attached hydrogen (secondary N) is 1. The molecule has 0 aliphatic rings. The van der Waals surface area contributed by atoms with E-state index >= 15 is 0 Å². The second-order valence-electron chi connectivity index (χ2n) is 6.02. The molecule has 3 rings (SSSR count). The Morgan fingerprint density at radius 2 is 1.89 bits per heavy atom. The lowest BCUT2D eigenvalue weighted by atomic mass is 10.1. The summed E-state index contributed by atoms with van der Waals surface area (Å²) in [4.78, 5) is 20.7. The van der Waals surface area contributed by atoms with E-state index in [4.69, 9.17) is 9.15 Å². The molecule has 27 heavy (non-hydrogen) atoms. The highest BCUT2D eigenvalue weighted by Gasteiger charge is 2.24. The number of nitriles is 1. The molecule has 0 fully saturated rings. The maximum atomic E-state index is 11.9. The molecular formula is C20H18N4O3. The highest BCUT2D eigenvalue weighted by molar-refractivity contribution is 5.95. The molecule has 136 valence electrons. The van der Waals surface area contributed by atoms with E-state index < -0.39 is 5.97 Å². The van der Waals surface area contributed by atoms with Crippen molar-refractivity contribution in [1.29, 1.82) is 5.26 Å². The number of hydrogen-bond acceptors (Lipinski definition) is 7. The Morgan fingerprint density at radius 1 is 1.19 bits per heavy atom. The number of carbonyl (C=O) groups is 1. The Morgan fingerprint density at radius 3 is 2.52 bits per heavy atom. The van der Waals surface area contributed by atoms with E-state index in [0.717, 1.165) is 16.8 Å². The largest absolute Gasteiger partial charge is 0.465 e. The van der Waals surface area contributed by atoms with E-state index in [9.17, 15) is 10.1 Å². The average molecular weight is 362 g/mol. The van der Waals surface area contributed by atoms with Crippen molar-refractivity contribution in [2.45, 2.75) is 20.8 Å². The SMILES string of the molecule is COC(=O)c1c(C)oc(Nc2cc(-c3ccc(C)cc3)nc(C)n2)c1C#N. The van der Waals surface area contributed by atoms with Crippen molar-refractivity contribution >= 4 is 17.7 Å². The Balaban J connectivity index is 2.01. The van der Waals surface area contributed by atoms with Crippen LogP contribution in [-0.4, -0.2) is 23.0 Å². The zero-order valence-electron chi connectivity index (χ0n) is 15.5. The van der Waals surface area contributed by atoms with Crippen molar-refractivity contribution in [3.8, 4) is 17.3 Å². The maximum Gasteiger partial charge on any atom is 0.342 e. The normalized spacial score (nSPS) is 10.3. The molecule has 3 aromatic rings. The molecule has 1 N–H and O–H groups in total. The highest BCUT2D eigenvalue weighted by Crippen LogP contribution is 2.30. The van der Waals surface area contributed by atoms with E-state index in [2.05, 4.69) is 15.3 Å². The molecule has 0 amide bonds. The summed E-state index contributed by atoms with van der Waals surface area (Å²) in [5.74, 6) is 0.833. The highest BCUT2D eigenvalue weighted by atomic mass is 16.5.